The Morgan fingerprint density at radius 2 is 1.02 bits per heavy atom. The maximum Gasteiger partial charge on any atom is 0.416 e. The molecule has 4 saturated heterocycles. The van der Waals surface area contributed by atoms with Gasteiger partial charge in [-0.3, -0.25) is 44.8 Å². The molecule has 0 spiro atoms. The van der Waals surface area contributed by atoms with Crippen molar-refractivity contribution in [3.63, 3.8) is 0 Å². The zero-order valence-electron chi connectivity index (χ0n) is 58.4. The van der Waals surface area contributed by atoms with E-state index in [9.17, 15) is 58.7 Å². The fourth-order valence-electron chi connectivity index (χ4n) is 14.0. The number of ether oxygens (including phenoxy) is 1. The van der Waals surface area contributed by atoms with Gasteiger partial charge in [0, 0.05) is 62.3 Å². The molecule has 8 heterocycles. The van der Waals surface area contributed by atoms with E-state index in [1.54, 1.807) is 45.7 Å². The smallest absolute Gasteiger partial charge is 0.416 e. The molecule has 4 aliphatic heterocycles. The van der Waals surface area contributed by atoms with E-state index >= 15 is 0 Å². The number of sulfonamides is 1. The molecule has 4 aliphatic rings. The molecule has 3 N–H and O–H groups in total. The maximum atomic E-state index is 13.3. The van der Waals surface area contributed by atoms with Crippen LogP contribution >= 0.6 is 11.6 Å². The highest BCUT2D eigenvalue weighted by atomic mass is 35.5. The van der Waals surface area contributed by atoms with E-state index in [0.29, 0.717) is 89.9 Å². The lowest BCUT2D eigenvalue weighted by atomic mass is 10.1. The van der Waals surface area contributed by atoms with Gasteiger partial charge in [-0.2, -0.15) is 40.8 Å². The quantitative estimate of drug-likeness (QED) is 0.0601. The van der Waals surface area contributed by atoms with E-state index in [0.717, 1.165) is 129 Å². The summed E-state index contributed by atoms with van der Waals surface area (Å²) >= 11 is 6.69. The second-order valence-electron chi connectivity index (χ2n) is 26.2. The lowest BCUT2D eigenvalue weighted by molar-refractivity contribution is -0.138. The molecule has 4 aromatic heterocycles. The van der Waals surface area contributed by atoms with Crippen molar-refractivity contribution in [1.29, 1.82) is 0 Å². The highest BCUT2D eigenvalue weighted by Gasteiger charge is 2.36. The third-order valence-electron chi connectivity index (χ3n) is 19.2. The Morgan fingerprint density at radius 3 is 1.52 bits per heavy atom. The van der Waals surface area contributed by atoms with Crippen molar-refractivity contribution < 1.29 is 63.5 Å². The number of hydrogen-bond acceptors (Lipinski definition) is 14. The van der Waals surface area contributed by atoms with E-state index in [1.807, 2.05) is 40.3 Å². The van der Waals surface area contributed by atoms with Gasteiger partial charge in [-0.25, -0.2) is 23.4 Å². The van der Waals surface area contributed by atoms with Crippen LogP contribution in [0.15, 0.2) is 153 Å². The first-order chi connectivity index (χ1) is 50.8. The number of alkyl halides is 6. The van der Waals surface area contributed by atoms with Gasteiger partial charge in [-0.15, -0.1) is 0 Å². The van der Waals surface area contributed by atoms with Crippen molar-refractivity contribution in [3.8, 4) is 5.75 Å². The molecule has 23 nitrogen and oxygen atoms in total. The lowest BCUT2D eigenvalue weighted by Gasteiger charge is -2.27. The summed E-state index contributed by atoms with van der Waals surface area (Å²) in [7, 11) is -2.12. The van der Waals surface area contributed by atoms with Crippen molar-refractivity contribution in [2.24, 2.45) is 0 Å². The summed E-state index contributed by atoms with van der Waals surface area (Å²) in [5.74, 6) is -0.803. The molecule has 13 rings (SSSR count). The van der Waals surface area contributed by atoms with Crippen LogP contribution in [0.3, 0.4) is 0 Å². The zero-order chi connectivity index (χ0) is 75.6. The molecule has 558 valence electrons. The Balaban J connectivity index is 0.000000159. The molecule has 9 aromatic rings. The van der Waals surface area contributed by atoms with Crippen molar-refractivity contribution >= 4 is 102 Å². The predicted molar refractivity (Wildman–Crippen MR) is 392 cm³/mol. The standard InChI is InChI=1S/C29H32F3N5O2.C24H25F3N4O3S.C22H23ClN6O3/c1-2-25(38)36-16-4-3-12-23(19-36)37-26-21(18-35-14-5-6-15-35)10-8-13-24(26)33-28(37)34-27(39)20-9-7-11-22(17-20)29(30,31)32;1-3-35(33,34)30-13-5-4-11-19(15-30)31-21-16(2)8-6-12-20(21)28-23(31)29-22(32)17-9-7-10-18(14-17)24(25,26)27;1-3-18(30)28-11-5-4-6-15(13-28)29-20-16(7-8-17(32-2)19(20)23)26-22(29)27-21(31)14-9-10-24-25-12-14/h2,7-11,13,17,23H,1,3-6,12,14-16,18-19H2,(H,33,34,39);3,6-10,12,14,19H,1,4-5,11,13,15H2,2H3,(H,28,29,32);3,7-10,12,15H,1,4-6,11,13H2,2H3,(H,26,27,31). The molecular formula is C75H80ClF6N15O8S. The molecule has 5 amide bonds. The first-order valence-electron chi connectivity index (χ1n) is 34.7. The van der Waals surface area contributed by atoms with Crippen LogP contribution in [-0.2, 0) is 38.5 Å². The van der Waals surface area contributed by atoms with Crippen LogP contribution in [0, 0.1) is 6.92 Å². The molecule has 3 atom stereocenters. The number of aromatic nitrogens is 8. The number of carbonyl (C=O) groups is 5. The van der Waals surface area contributed by atoms with E-state index < -0.39 is 45.3 Å². The lowest BCUT2D eigenvalue weighted by Crippen LogP contribution is -2.34. The van der Waals surface area contributed by atoms with Gasteiger partial charge < -0.3 is 28.2 Å². The summed E-state index contributed by atoms with van der Waals surface area (Å²) in [6.07, 6.45) is 5.73. The van der Waals surface area contributed by atoms with Gasteiger partial charge in [0.05, 0.1) is 87.4 Å². The predicted octanol–water partition coefficient (Wildman–Crippen LogP) is 14.2. The van der Waals surface area contributed by atoms with Crippen molar-refractivity contribution in [3.05, 3.63) is 197 Å². The van der Waals surface area contributed by atoms with Gasteiger partial charge in [-0.05, 0) is 174 Å². The average molecular weight is 1500 g/mol. The maximum absolute atomic E-state index is 13.3. The van der Waals surface area contributed by atoms with Crippen LogP contribution in [-0.4, -0.2) is 155 Å². The number of hydrogen-bond donors (Lipinski definition) is 3. The van der Waals surface area contributed by atoms with Crippen molar-refractivity contribution in [2.45, 2.75) is 115 Å². The van der Waals surface area contributed by atoms with Crippen LogP contribution in [0.2, 0.25) is 5.02 Å². The number of nitrogens with one attached hydrogen (secondary N) is 3. The summed E-state index contributed by atoms with van der Waals surface area (Å²) < 4.78 is 117. The normalized spacial score (nSPS) is 17.7. The second-order valence-corrected chi connectivity index (χ2v) is 28.5. The Hall–Kier alpha value is -10.3. The van der Waals surface area contributed by atoms with Crippen LogP contribution in [0.5, 0.6) is 5.75 Å². The minimum absolute atomic E-state index is 0.106. The van der Waals surface area contributed by atoms with Gasteiger partial charge in [0.25, 0.3) is 17.7 Å². The van der Waals surface area contributed by atoms with Gasteiger partial charge in [0.1, 0.15) is 10.8 Å². The monoisotopic (exact) mass is 1500 g/mol. The molecule has 0 aliphatic carbocycles. The number of aryl methyl sites for hydroxylation is 1. The molecule has 0 saturated carbocycles. The number of fused-ring (bicyclic) bond motifs is 3. The number of methoxy groups -OCH3 is 1. The number of nitrogens with zero attached hydrogens (tertiary/aromatic N) is 12. The van der Waals surface area contributed by atoms with Crippen molar-refractivity contribution in [2.75, 3.05) is 75.4 Å². The number of carbonyl (C=O) groups excluding carboxylic acids is 5. The van der Waals surface area contributed by atoms with E-state index in [4.69, 9.17) is 21.3 Å². The Morgan fingerprint density at radius 1 is 0.557 bits per heavy atom. The summed E-state index contributed by atoms with van der Waals surface area (Å²) in [6, 6.07) is 24.3. The van der Waals surface area contributed by atoms with Gasteiger partial charge in [0.2, 0.25) is 39.7 Å². The minimum atomic E-state index is -4.58. The average Bonchev–Trinajstić information content (AvgIpc) is 1.61. The zero-order valence-corrected chi connectivity index (χ0v) is 60.0. The third-order valence-corrected chi connectivity index (χ3v) is 21.1. The minimum Gasteiger partial charge on any atom is -0.495 e. The number of halogens is 7. The number of benzene rings is 5. The summed E-state index contributed by atoms with van der Waals surface area (Å²) in [4.78, 5) is 83.8. The number of anilines is 3. The first-order valence-corrected chi connectivity index (χ1v) is 36.6. The number of likely N-dealkylation sites (tertiary alicyclic amines) is 3. The van der Waals surface area contributed by atoms with Gasteiger partial charge >= 0.3 is 12.4 Å². The first kappa shape index (κ1) is 76.8. The molecule has 0 radical (unpaired) electrons. The highest BCUT2D eigenvalue weighted by molar-refractivity contribution is 7.92. The fraction of sp³-hybridized carbons (Fsp3) is 0.360. The van der Waals surface area contributed by atoms with Crippen LogP contribution < -0.4 is 20.7 Å². The molecular weight excluding hydrogens is 1420 g/mol. The summed E-state index contributed by atoms with van der Waals surface area (Å²) in [6.45, 7) is 17.9. The molecule has 106 heavy (non-hydrogen) atoms. The molecule has 5 aromatic carbocycles. The van der Waals surface area contributed by atoms with E-state index in [-0.39, 0.29) is 65.4 Å². The SMILES string of the molecule is C=CC(=O)N1CCCCC(n2c(NC(=O)c3cccc(C(F)(F)F)c3)nc3cccc(CN4CCCC4)c32)C1.C=CC(=O)N1CCCCC(n2c(NC(=O)c3ccnnc3)nc3ccc(OC)c(Cl)c32)C1.C=CS(=O)(=O)N1CCCCC(n2c(NC(=O)c3cccc(C(F)(F)F)c3)nc3cccc(C)c32)C1. The summed E-state index contributed by atoms with van der Waals surface area (Å²) in [5, 5.41) is 17.1. The van der Waals surface area contributed by atoms with Gasteiger partial charge in [0.15, 0.2) is 0 Å². The Labute approximate surface area is 613 Å². The van der Waals surface area contributed by atoms with E-state index in [1.165, 1.54) is 53.1 Å². The number of rotatable bonds is 16. The number of para-hydroxylation sites is 2. The Kier molecular flexibility index (Phi) is 24.2. The largest absolute Gasteiger partial charge is 0.495 e. The van der Waals surface area contributed by atoms with Crippen LogP contribution in [0.4, 0.5) is 44.2 Å². The third kappa shape index (κ3) is 17.6. The topological polar surface area (TPSA) is 257 Å². The fourth-order valence-corrected chi connectivity index (χ4v) is 15.3. The van der Waals surface area contributed by atoms with Gasteiger partial charge in [-0.1, -0.05) is 74.2 Å². The molecule has 4 fully saturated rings. The number of amides is 5. The van der Waals surface area contributed by atoms with Crippen LogP contribution in [0.25, 0.3) is 33.1 Å². The molecule has 3 unspecified atom stereocenters. The second kappa shape index (κ2) is 33.4. The van der Waals surface area contributed by atoms with Crippen LogP contribution in [0.1, 0.15) is 142 Å². The van der Waals surface area contributed by atoms with E-state index in [2.05, 4.69) is 66.8 Å². The highest BCUT2D eigenvalue weighted by Crippen LogP contribution is 2.41. The summed E-state index contributed by atoms with van der Waals surface area (Å²) in [5.41, 5.74) is 4.35. The number of imidazole rings is 3. The van der Waals surface area contributed by atoms with Crippen molar-refractivity contribution in [1.82, 2.24) is 57.9 Å². The molecule has 0 bridgehead atoms. The Bertz CT molecular complexity index is 4890. The molecule has 31 heteroatoms.